The van der Waals surface area contributed by atoms with Crippen LogP contribution < -0.4 is 9.47 Å². The zero-order valence-electron chi connectivity index (χ0n) is 11.7. The summed E-state index contributed by atoms with van der Waals surface area (Å²) in [7, 11) is 3.21. The molecular formula is C14H22O5. The molecule has 0 saturated carbocycles. The molecule has 0 aliphatic rings. The smallest absolute Gasteiger partial charge is 0.161 e. The third-order valence-electron chi connectivity index (χ3n) is 2.59. The zero-order chi connectivity index (χ0) is 14.1. The molecule has 0 aliphatic carbocycles. The molecule has 0 bridgehead atoms. The maximum absolute atomic E-state index is 9.50. The van der Waals surface area contributed by atoms with E-state index in [4.69, 9.17) is 18.9 Å². The van der Waals surface area contributed by atoms with E-state index in [2.05, 4.69) is 0 Å². The normalized spacial score (nSPS) is 12.2. The Morgan fingerprint density at radius 2 is 1.79 bits per heavy atom. The minimum atomic E-state index is -0.527. The van der Waals surface area contributed by atoms with Crippen molar-refractivity contribution in [3.8, 4) is 11.5 Å². The summed E-state index contributed by atoms with van der Waals surface area (Å²) >= 11 is 0. The lowest BCUT2D eigenvalue weighted by Gasteiger charge is -2.13. The maximum atomic E-state index is 9.50. The van der Waals surface area contributed by atoms with Gasteiger partial charge in [0.05, 0.1) is 33.0 Å². The van der Waals surface area contributed by atoms with E-state index in [1.807, 2.05) is 6.07 Å². The first-order valence-corrected chi connectivity index (χ1v) is 6.24. The SMILES string of the molecule is COCCOCCOc1ccc([C@@H](C)O)cc1OC. The van der Waals surface area contributed by atoms with Gasteiger partial charge in [-0.25, -0.2) is 0 Å². The lowest BCUT2D eigenvalue weighted by atomic mass is 10.1. The molecule has 0 heterocycles. The first-order chi connectivity index (χ1) is 9.19. The van der Waals surface area contributed by atoms with E-state index >= 15 is 0 Å². The second-order valence-corrected chi connectivity index (χ2v) is 4.04. The fourth-order valence-electron chi connectivity index (χ4n) is 1.52. The van der Waals surface area contributed by atoms with Crippen molar-refractivity contribution in [3.05, 3.63) is 23.8 Å². The van der Waals surface area contributed by atoms with Gasteiger partial charge in [0.25, 0.3) is 0 Å². The van der Waals surface area contributed by atoms with E-state index in [-0.39, 0.29) is 0 Å². The molecule has 0 fully saturated rings. The van der Waals surface area contributed by atoms with Gasteiger partial charge in [-0.3, -0.25) is 0 Å². The van der Waals surface area contributed by atoms with Gasteiger partial charge in [-0.1, -0.05) is 6.07 Å². The number of hydrogen-bond acceptors (Lipinski definition) is 5. The molecule has 108 valence electrons. The average Bonchev–Trinajstić information content (AvgIpc) is 2.42. The Hall–Kier alpha value is -1.30. The molecule has 0 saturated heterocycles. The lowest BCUT2D eigenvalue weighted by Crippen LogP contribution is -2.10. The summed E-state index contributed by atoms with van der Waals surface area (Å²) in [6, 6.07) is 5.37. The first-order valence-electron chi connectivity index (χ1n) is 6.24. The van der Waals surface area contributed by atoms with Crippen molar-refractivity contribution < 1.29 is 24.1 Å². The van der Waals surface area contributed by atoms with E-state index in [1.165, 1.54) is 0 Å². The van der Waals surface area contributed by atoms with E-state index in [9.17, 15) is 5.11 Å². The number of ether oxygens (including phenoxy) is 4. The second-order valence-electron chi connectivity index (χ2n) is 4.04. The van der Waals surface area contributed by atoms with Crippen LogP contribution in [-0.4, -0.2) is 45.8 Å². The largest absolute Gasteiger partial charge is 0.493 e. The van der Waals surface area contributed by atoms with Crippen LogP contribution in [0.5, 0.6) is 11.5 Å². The third kappa shape index (κ3) is 5.46. The molecule has 1 N–H and O–H groups in total. The van der Waals surface area contributed by atoms with Crippen molar-refractivity contribution in [2.45, 2.75) is 13.0 Å². The van der Waals surface area contributed by atoms with Crippen LogP contribution in [0.25, 0.3) is 0 Å². The van der Waals surface area contributed by atoms with Crippen molar-refractivity contribution in [2.75, 3.05) is 40.6 Å². The van der Waals surface area contributed by atoms with Crippen LogP contribution in [0.3, 0.4) is 0 Å². The first kappa shape index (κ1) is 15.8. The predicted octanol–water partition coefficient (Wildman–Crippen LogP) is 1.79. The molecule has 0 aliphatic heterocycles. The molecule has 1 atom stereocenters. The molecular weight excluding hydrogens is 248 g/mol. The van der Waals surface area contributed by atoms with Gasteiger partial charge >= 0.3 is 0 Å². The van der Waals surface area contributed by atoms with Crippen LogP contribution >= 0.6 is 0 Å². The number of aliphatic hydroxyl groups is 1. The molecule has 1 aromatic rings. The van der Waals surface area contributed by atoms with Gasteiger partial charge in [-0.2, -0.15) is 0 Å². The van der Waals surface area contributed by atoms with Crippen LogP contribution in [0.1, 0.15) is 18.6 Å². The number of methoxy groups -OCH3 is 2. The Labute approximate surface area is 114 Å². The highest BCUT2D eigenvalue weighted by Gasteiger charge is 2.08. The second kappa shape index (κ2) is 8.74. The zero-order valence-corrected chi connectivity index (χ0v) is 11.7. The molecule has 0 aromatic heterocycles. The summed E-state index contributed by atoms with van der Waals surface area (Å²) < 4.78 is 21.0. The quantitative estimate of drug-likeness (QED) is 0.693. The number of hydrogen-bond donors (Lipinski definition) is 1. The van der Waals surface area contributed by atoms with Gasteiger partial charge in [0.1, 0.15) is 6.61 Å². The standard InChI is InChI=1S/C14H22O5/c1-11(15)12-4-5-13(14(10-12)17-3)19-9-8-18-7-6-16-2/h4-5,10-11,15H,6-9H2,1-3H3/t11-/m1/s1. The van der Waals surface area contributed by atoms with Crippen LogP contribution in [0.4, 0.5) is 0 Å². The Morgan fingerprint density at radius 1 is 1.05 bits per heavy atom. The highest BCUT2D eigenvalue weighted by atomic mass is 16.5. The van der Waals surface area contributed by atoms with Gasteiger partial charge < -0.3 is 24.1 Å². The average molecular weight is 270 g/mol. The highest BCUT2D eigenvalue weighted by molar-refractivity contribution is 5.43. The number of aliphatic hydroxyl groups excluding tert-OH is 1. The van der Waals surface area contributed by atoms with E-state index < -0.39 is 6.10 Å². The van der Waals surface area contributed by atoms with Gasteiger partial charge in [0.15, 0.2) is 11.5 Å². The Balaban J connectivity index is 2.44. The van der Waals surface area contributed by atoms with E-state index in [0.717, 1.165) is 5.56 Å². The molecule has 0 unspecified atom stereocenters. The molecule has 5 heteroatoms. The topological polar surface area (TPSA) is 57.2 Å². The minimum absolute atomic E-state index is 0.439. The van der Waals surface area contributed by atoms with Crippen LogP contribution in [0, 0.1) is 0 Å². The molecule has 5 nitrogen and oxygen atoms in total. The molecule has 0 spiro atoms. The fraction of sp³-hybridized carbons (Fsp3) is 0.571. The summed E-state index contributed by atoms with van der Waals surface area (Å²) in [4.78, 5) is 0. The van der Waals surface area contributed by atoms with E-state index in [0.29, 0.717) is 37.9 Å². The van der Waals surface area contributed by atoms with Gasteiger partial charge in [-0.05, 0) is 24.6 Å². The summed E-state index contributed by atoms with van der Waals surface area (Å²) in [6.45, 7) is 3.77. The van der Waals surface area contributed by atoms with Crippen molar-refractivity contribution in [2.24, 2.45) is 0 Å². The van der Waals surface area contributed by atoms with Gasteiger partial charge in [-0.15, -0.1) is 0 Å². The molecule has 1 aromatic carbocycles. The van der Waals surface area contributed by atoms with Crippen LogP contribution in [0.15, 0.2) is 18.2 Å². The summed E-state index contributed by atoms with van der Waals surface area (Å²) in [5.74, 6) is 1.25. The van der Waals surface area contributed by atoms with Crippen molar-refractivity contribution in [1.29, 1.82) is 0 Å². The molecule has 0 radical (unpaired) electrons. The van der Waals surface area contributed by atoms with Crippen molar-refractivity contribution in [3.63, 3.8) is 0 Å². The number of benzene rings is 1. The summed E-state index contributed by atoms with van der Waals surface area (Å²) in [5.41, 5.74) is 0.792. The Morgan fingerprint density at radius 3 is 2.42 bits per heavy atom. The monoisotopic (exact) mass is 270 g/mol. The van der Waals surface area contributed by atoms with Crippen LogP contribution in [-0.2, 0) is 9.47 Å². The predicted molar refractivity (Wildman–Crippen MR) is 71.8 cm³/mol. The Bertz CT molecular complexity index is 365. The van der Waals surface area contributed by atoms with Crippen molar-refractivity contribution in [1.82, 2.24) is 0 Å². The fourth-order valence-corrected chi connectivity index (χ4v) is 1.52. The van der Waals surface area contributed by atoms with Gasteiger partial charge in [0.2, 0.25) is 0 Å². The summed E-state index contributed by atoms with van der Waals surface area (Å²) in [6.07, 6.45) is -0.527. The lowest BCUT2D eigenvalue weighted by molar-refractivity contribution is 0.0540. The third-order valence-corrected chi connectivity index (χ3v) is 2.59. The minimum Gasteiger partial charge on any atom is -0.493 e. The van der Waals surface area contributed by atoms with Crippen LogP contribution in [0.2, 0.25) is 0 Å². The molecule has 19 heavy (non-hydrogen) atoms. The molecule has 1 rings (SSSR count). The van der Waals surface area contributed by atoms with E-state index in [1.54, 1.807) is 33.3 Å². The summed E-state index contributed by atoms with van der Waals surface area (Å²) in [5, 5.41) is 9.50. The van der Waals surface area contributed by atoms with Crippen molar-refractivity contribution >= 4 is 0 Å². The Kier molecular flexibility index (Phi) is 7.25. The van der Waals surface area contributed by atoms with Gasteiger partial charge in [0, 0.05) is 7.11 Å². The molecule has 0 amide bonds. The maximum Gasteiger partial charge on any atom is 0.161 e. The number of rotatable bonds is 9. The highest BCUT2D eigenvalue weighted by Crippen LogP contribution is 2.30.